The van der Waals surface area contributed by atoms with E-state index < -0.39 is 60.5 Å². The summed E-state index contributed by atoms with van der Waals surface area (Å²) in [7, 11) is 0. The Morgan fingerprint density at radius 1 is 0.696 bits per heavy atom. The Bertz CT molecular complexity index is 1250. The maximum Gasteiger partial charge on any atom is 0.339 e. The molecule has 0 spiro atoms. The minimum atomic E-state index is -0.755. The predicted molar refractivity (Wildman–Crippen MR) is 169 cm³/mol. The van der Waals surface area contributed by atoms with Crippen LogP contribution in [0.2, 0.25) is 0 Å². The molecule has 46 heavy (non-hydrogen) atoms. The largest absolute Gasteiger partial charge is 0.457 e. The Balaban J connectivity index is 1.43. The molecule has 2 aliphatic heterocycles. The first kappa shape index (κ1) is 35.7. The molecule has 2 aromatic carbocycles. The first-order valence-corrected chi connectivity index (χ1v) is 16.7. The molecule has 2 saturated heterocycles. The van der Waals surface area contributed by atoms with Gasteiger partial charge in [-0.2, -0.15) is 0 Å². The smallest absolute Gasteiger partial charge is 0.339 e. The molecule has 10 nitrogen and oxygen atoms in total. The van der Waals surface area contributed by atoms with E-state index in [0.29, 0.717) is 24.0 Å². The van der Waals surface area contributed by atoms with Gasteiger partial charge in [-0.3, -0.25) is 9.59 Å². The van der Waals surface area contributed by atoms with Crippen LogP contribution in [-0.2, 0) is 38.0 Å². The Morgan fingerprint density at radius 3 is 1.46 bits per heavy atom. The lowest BCUT2D eigenvalue weighted by molar-refractivity contribution is -0.147. The number of hydrogen-bond donors (Lipinski definition) is 0. The van der Waals surface area contributed by atoms with Crippen LogP contribution in [-0.4, -0.2) is 73.3 Å². The second-order valence-electron chi connectivity index (χ2n) is 11.2. The van der Waals surface area contributed by atoms with Gasteiger partial charge in [-0.15, -0.1) is 23.2 Å². The molecule has 0 bridgehead atoms. The molecule has 2 fully saturated rings. The normalized spacial score (nSPS) is 21.6. The minimum Gasteiger partial charge on any atom is -0.457 e. The predicted octanol–water partition coefficient (Wildman–Crippen LogP) is 6.26. The van der Waals surface area contributed by atoms with Gasteiger partial charge in [0, 0.05) is 11.1 Å². The van der Waals surface area contributed by atoms with Crippen molar-refractivity contribution in [1.82, 2.24) is 0 Å². The number of unbranched alkanes of at least 4 members (excludes halogenated alkanes) is 2. The van der Waals surface area contributed by atoms with Gasteiger partial charge in [0.25, 0.3) is 0 Å². The van der Waals surface area contributed by atoms with Crippen molar-refractivity contribution >= 4 is 47.1 Å². The lowest BCUT2D eigenvalue weighted by atomic mass is 9.98. The first-order chi connectivity index (χ1) is 22.3. The Kier molecular flexibility index (Phi) is 13.7. The highest BCUT2D eigenvalue weighted by atomic mass is 35.5. The number of benzene rings is 2. The fraction of sp³-hybridized carbons (Fsp3) is 0.529. The molecular formula is C34H40Cl2O10. The number of ether oxygens (including phenoxy) is 6. The summed E-state index contributed by atoms with van der Waals surface area (Å²) in [5, 5.41) is 0. The first-order valence-electron chi connectivity index (χ1n) is 15.6. The zero-order chi connectivity index (χ0) is 33.1. The fourth-order valence-corrected chi connectivity index (χ4v) is 5.80. The standard InChI is InChI=1S/C34H40Cl2O10/c1-3-5-15-25(43-29(37)17-35)21-11-7-9-13-23(21)33(39)45-27-19-41-32-28(20-42-31(27)32)46-34(40)24-14-10-8-12-22(24)26(16-6-4-2)44-30(38)18-36/h7-14,25-28,31-32H,3-6,15-20H2,1-2H3/t25-,26-,27-,28+,31-,32-/m1/s1. The van der Waals surface area contributed by atoms with E-state index in [0.717, 1.165) is 25.7 Å². The maximum absolute atomic E-state index is 13.4. The molecule has 0 amide bonds. The summed E-state index contributed by atoms with van der Waals surface area (Å²) in [5.74, 6) is -2.98. The maximum atomic E-state index is 13.4. The number of carbonyl (C=O) groups is 4. The van der Waals surface area contributed by atoms with Crippen molar-refractivity contribution in [2.24, 2.45) is 0 Å². The zero-order valence-corrected chi connectivity index (χ0v) is 27.5. The van der Waals surface area contributed by atoms with Gasteiger partial charge in [-0.05, 0) is 37.8 Å². The quantitative estimate of drug-likeness (QED) is 0.114. The summed E-state index contributed by atoms with van der Waals surface area (Å²) in [6.45, 7) is 4.13. The summed E-state index contributed by atoms with van der Waals surface area (Å²) in [6, 6.07) is 13.6. The van der Waals surface area contributed by atoms with Gasteiger partial charge in [-0.25, -0.2) is 9.59 Å². The number of rotatable bonds is 16. The highest BCUT2D eigenvalue weighted by molar-refractivity contribution is 6.26. The molecule has 4 rings (SSSR count). The average molecular weight is 680 g/mol. The van der Waals surface area contributed by atoms with Gasteiger partial charge in [-0.1, -0.05) is 63.1 Å². The van der Waals surface area contributed by atoms with Crippen molar-refractivity contribution < 1.29 is 47.6 Å². The van der Waals surface area contributed by atoms with Gasteiger partial charge in [0.05, 0.1) is 24.3 Å². The van der Waals surface area contributed by atoms with Crippen molar-refractivity contribution in [2.45, 2.75) is 89.0 Å². The van der Waals surface area contributed by atoms with Crippen molar-refractivity contribution in [3.05, 3.63) is 70.8 Å². The van der Waals surface area contributed by atoms with Crippen molar-refractivity contribution in [1.29, 1.82) is 0 Å². The Labute approximate surface area is 278 Å². The van der Waals surface area contributed by atoms with Crippen LogP contribution < -0.4 is 0 Å². The second-order valence-corrected chi connectivity index (χ2v) is 11.7. The lowest BCUT2D eigenvalue weighted by Crippen LogP contribution is -2.36. The fourth-order valence-electron chi connectivity index (χ4n) is 5.68. The van der Waals surface area contributed by atoms with Crippen LogP contribution in [0.1, 0.15) is 96.4 Å². The molecule has 0 radical (unpaired) electrons. The summed E-state index contributed by atoms with van der Waals surface area (Å²) < 4.78 is 34.7. The van der Waals surface area contributed by atoms with Gasteiger partial charge in [0.1, 0.15) is 36.2 Å². The minimum absolute atomic E-state index is 0.0435. The Morgan fingerprint density at radius 2 is 1.09 bits per heavy atom. The number of alkyl halides is 2. The molecule has 0 unspecified atom stereocenters. The second kappa shape index (κ2) is 17.7. The number of fused-ring (bicyclic) bond motifs is 1. The van der Waals surface area contributed by atoms with Crippen LogP contribution in [0.25, 0.3) is 0 Å². The zero-order valence-electron chi connectivity index (χ0n) is 26.0. The van der Waals surface area contributed by atoms with E-state index in [1.165, 1.54) is 0 Å². The summed E-state index contributed by atoms with van der Waals surface area (Å²) >= 11 is 11.4. The van der Waals surface area contributed by atoms with Crippen molar-refractivity contribution in [2.75, 3.05) is 25.0 Å². The monoisotopic (exact) mass is 678 g/mol. The molecule has 0 aliphatic carbocycles. The summed E-state index contributed by atoms with van der Waals surface area (Å²) in [4.78, 5) is 50.9. The van der Waals surface area contributed by atoms with Crippen LogP contribution in [0.4, 0.5) is 0 Å². The average Bonchev–Trinajstić information content (AvgIpc) is 3.67. The Hall–Kier alpha value is -3.18. The summed E-state index contributed by atoms with van der Waals surface area (Å²) in [6.07, 6.45) is 0.215. The van der Waals surface area contributed by atoms with E-state index in [1.807, 2.05) is 13.8 Å². The molecule has 0 aromatic heterocycles. The molecule has 0 saturated carbocycles. The molecule has 2 heterocycles. The number of halogens is 2. The van der Waals surface area contributed by atoms with E-state index in [4.69, 9.17) is 51.6 Å². The van der Waals surface area contributed by atoms with Crippen molar-refractivity contribution in [3.63, 3.8) is 0 Å². The molecule has 250 valence electrons. The van der Waals surface area contributed by atoms with Gasteiger partial charge < -0.3 is 28.4 Å². The lowest BCUT2D eigenvalue weighted by Gasteiger charge is -2.22. The van der Waals surface area contributed by atoms with Crippen LogP contribution in [0, 0.1) is 0 Å². The third-order valence-electron chi connectivity index (χ3n) is 7.94. The summed E-state index contributed by atoms with van der Waals surface area (Å²) in [5.41, 5.74) is 1.59. The van der Waals surface area contributed by atoms with E-state index in [-0.39, 0.29) is 36.1 Å². The molecular weight excluding hydrogens is 639 g/mol. The van der Waals surface area contributed by atoms with Crippen LogP contribution in [0.3, 0.4) is 0 Å². The number of hydrogen-bond acceptors (Lipinski definition) is 10. The third kappa shape index (κ3) is 9.00. The molecule has 2 aliphatic rings. The van der Waals surface area contributed by atoms with E-state index in [1.54, 1.807) is 48.5 Å². The van der Waals surface area contributed by atoms with Gasteiger partial charge in [0.2, 0.25) is 0 Å². The number of carbonyl (C=O) groups excluding carboxylic acids is 4. The highest BCUT2D eigenvalue weighted by Crippen LogP contribution is 2.34. The van der Waals surface area contributed by atoms with E-state index in [9.17, 15) is 19.2 Å². The van der Waals surface area contributed by atoms with Crippen LogP contribution >= 0.6 is 23.2 Å². The topological polar surface area (TPSA) is 124 Å². The molecule has 12 heteroatoms. The highest BCUT2D eigenvalue weighted by Gasteiger charge is 2.51. The van der Waals surface area contributed by atoms with Crippen LogP contribution in [0.5, 0.6) is 0 Å². The van der Waals surface area contributed by atoms with Crippen LogP contribution in [0.15, 0.2) is 48.5 Å². The van der Waals surface area contributed by atoms with Crippen molar-refractivity contribution in [3.8, 4) is 0 Å². The third-order valence-corrected chi connectivity index (χ3v) is 8.38. The molecule has 0 N–H and O–H groups in total. The molecule has 2 aromatic rings. The van der Waals surface area contributed by atoms with Gasteiger partial charge >= 0.3 is 23.9 Å². The van der Waals surface area contributed by atoms with E-state index >= 15 is 0 Å². The van der Waals surface area contributed by atoms with Gasteiger partial charge in [0.15, 0.2) is 12.2 Å². The van der Waals surface area contributed by atoms with E-state index in [2.05, 4.69) is 0 Å². The SMILES string of the molecule is CCCC[C@@H](OC(=O)CCl)c1ccccc1C(=O)O[C@H]1CO[C@H]2[C@@H]1OC[C@H]2OC(=O)c1ccccc1[C@@H](CCCC)OC(=O)CCl. The number of esters is 4. The molecule has 6 atom stereocenters.